The number of esters is 1. The molecule has 8 heteroatoms. The van der Waals surface area contributed by atoms with Crippen LogP contribution >= 0.6 is 12.6 Å². The summed E-state index contributed by atoms with van der Waals surface area (Å²) in [6.45, 7) is 17.7. The molecular weight excluding hydrogens is 426 g/mol. The van der Waals surface area contributed by atoms with Crippen molar-refractivity contribution in [1.29, 1.82) is 0 Å². The van der Waals surface area contributed by atoms with Gasteiger partial charge in [-0.2, -0.15) is 12.6 Å². The van der Waals surface area contributed by atoms with Gasteiger partial charge in [0.05, 0.1) is 12.1 Å². The van der Waals surface area contributed by atoms with Crippen LogP contribution in [0.25, 0.3) is 0 Å². The number of hydrogen-bond acceptors (Lipinski definition) is 6. The van der Waals surface area contributed by atoms with Crippen LogP contribution in [0.1, 0.15) is 75.2 Å². The normalized spacial score (nSPS) is 13.8. The van der Waals surface area contributed by atoms with Crippen LogP contribution in [0.3, 0.4) is 0 Å². The smallest absolute Gasteiger partial charge is 0.333 e. The third-order valence-electron chi connectivity index (χ3n) is 4.79. The predicted molar refractivity (Wildman–Crippen MR) is 138 cm³/mol. The van der Waals surface area contributed by atoms with Crippen molar-refractivity contribution in [3.05, 3.63) is 11.6 Å². The summed E-state index contributed by atoms with van der Waals surface area (Å²) in [5.74, 6) is -0.822. The van der Waals surface area contributed by atoms with Gasteiger partial charge in [-0.1, -0.05) is 54.0 Å². The summed E-state index contributed by atoms with van der Waals surface area (Å²) in [6, 6.07) is -0.689. The van der Waals surface area contributed by atoms with Crippen molar-refractivity contribution in [3.8, 4) is 0 Å². The molecule has 2 atom stereocenters. The molecule has 0 aromatic rings. The fourth-order valence-electron chi connectivity index (χ4n) is 2.30. The third-order valence-corrected chi connectivity index (χ3v) is 4.79. The summed E-state index contributed by atoms with van der Waals surface area (Å²) in [4.78, 5) is 38.9. The lowest BCUT2D eigenvalue weighted by atomic mass is 9.84. The van der Waals surface area contributed by atoms with Crippen LogP contribution in [-0.4, -0.2) is 67.8 Å². The summed E-state index contributed by atoms with van der Waals surface area (Å²) in [6.07, 6.45) is 5.19. The maximum Gasteiger partial charge on any atom is 0.333 e. The van der Waals surface area contributed by atoms with Gasteiger partial charge < -0.3 is 20.3 Å². The quantitative estimate of drug-likeness (QED) is 0.268. The number of thiol groups is 1. The molecule has 0 rings (SSSR count). The lowest BCUT2D eigenvalue weighted by Gasteiger charge is -2.36. The molecule has 190 valence electrons. The molecule has 2 unspecified atom stereocenters. The highest BCUT2D eigenvalue weighted by molar-refractivity contribution is 7.79. The van der Waals surface area contributed by atoms with Crippen molar-refractivity contribution in [2.24, 2.45) is 5.41 Å². The summed E-state index contributed by atoms with van der Waals surface area (Å²) < 4.78 is 4.94. The third kappa shape index (κ3) is 13.1. The largest absolute Gasteiger partial charge is 0.463 e. The van der Waals surface area contributed by atoms with Crippen molar-refractivity contribution in [3.63, 3.8) is 0 Å². The maximum absolute atomic E-state index is 13.0. The van der Waals surface area contributed by atoms with Crippen LogP contribution in [0.15, 0.2) is 11.6 Å². The van der Waals surface area contributed by atoms with E-state index in [0.29, 0.717) is 18.6 Å². The van der Waals surface area contributed by atoms with Gasteiger partial charge in [0.2, 0.25) is 11.8 Å². The van der Waals surface area contributed by atoms with Crippen molar-refractivity contribution >= 4 is 30.4 Å². The van der Waals surface area contributed by atoms with Gasteiger partial charge in [-0.05, 0) is 45.9 Å². The average molecular weight is 476 g/mol. The number of nitrogens with zero attached hydrogens (tertiary/aromatic N) is 1. The highest BCUT2D eigenvalue weighted by atomic mass is 32.1. The highest BCUT2D eigenvalue weighted by Gasteiger charge is 2.38. The van der Waals surface area contributed by atoms with E-state index in [1.54, 1.807) is 40.3 Å². The van der Waals surface area contributed by atoms with Crippen molar-refractivity contribution in [1.82, 2.24) is 15.5 Å². The SMILES string of the molecule is CCC.CCOC(=O)/C(C)=C/CN(C)C(=O)C(NC(=O)C(C)(CC)NC)C(C)(C)C.CS. The fraction of sp³-hybridized carbons (Fsp3) is 0.792. The van der Waals surface area contributed by atoms with Gasteiger partial charge >= 0.3 is 5.97 Å². The van der Waals surface area contributed by atoms with Gasteiger partial charge in [0.25, 0.3) is 0 Å². The lowest BCUT2D eigenvalue weighted by Crippen LogP contribution is -2.61. The zero-order valence-electron chi connectivity index (χ0n) is 22.5. The fourth-order valence-corrected chi connectivity index (χ4v) is 2.30. The molecule has 0 aliphatic rings. The number of amides is 2. The van der Waals surface area contributed by atoms with Crippen LogP contribution < -0.4 is 10.6 Å². The second-order valence-electron chi connectivity index (χ2n) is 8.74. The number of ether oxygens (including phenoxy) is 1. The molecule has 0 saturated heterocycles. The Labute approximate surface area is 202 Å². The number of carbonyl (C=O) groups excluding carboxylic acids is 3. The van der Waals surface area contributed by atoms with Gasteiger partial charge in [-0.3, -0.25) is 9.59 Å². The van der Waals surface area contributed by atoms with E-state index in [1.165, 1.54) is 11.3 Å². The zero-order chi connectivity index (χ0) is 26.1. The van der Waals surface area contributed by atoms with E-state index in [4.69, 9.17) is 4.74 Å². The maximum atomic E-state index is 13.0. The monoisotopic (exact) mass is 475 g/mol. The summed E-state index contributed by atoms with van der Waals surface area (Å²) in [5.41, 5.74) is -0.770. The topological polar surface area (TPSA) is 87.7 Å². The minimum Gasteiger partial charge on any atom is -0.463 e. The highest BCUT2D eigenvalue weighted by Crippen LogP contribution is 2.22. The first-order valence-electron chi connectivity index (χ1n) is 11.3. The van der Waals surface area contributed by atoms with E-state index >= 15 is 0 Å². The number of nitrogens with one attached hydrogen (secondary N) is 2. The van der Waals surface area contributed by atoms with E-state index in [9.17, 15) is 14.4 Å². The Kier molecular flexibility index (Phi) is 19.7. The molecular formula is C24H49N3O4S. The minimum absolute atomic E-state index is 0.210. The Bertz CT molecular complexity index is 582. The van der Waals surface area contributed by atoms with E-state index < -0.39 is 23.0 Å². The van der Waals surface area contributed by atoms with Crippen LogP contribution in [0.2, 0.25) is 0 Å². The molecule has 0 spiro atoms. The molecule has 0 heterocycles. The molecule has 2 N–H and O–H groups in total. The number of rotatable bonds is 9. The summed E-state index contributed by atoms with van der Waals surface area (Å²) in [7, 11) is 3.38. The molecule has 2 amide bonds. The molecule has 0 aromatic carbocycles. The van der Waals surface area contributed by atoms with E-state index in [-0.39, 0.29) is 18.4 Å². The Morgan fingerprint density at radius 3 is 1.88 bits per heavy atom. The second kappa shape index (κ2) is 18.0. The summed E-state index contributed by atoms with van der Waals surface area (Å²) in [5, 5.41) is 5.93. The minimum atomic E-state index is -0.747. The summed E-state index contributed by atoms with van der Waals surface area (Å²) >= 11 is 3.53. The van der Waals surface area contributed by atoms with E-state index in [1.807, 2.05) is 34.6 Å². The van der Waals surface area contributed by atoms with Crippen LogP contribution in [0.5, 0.6) is 0 Å². The molecule has 0 aliphatic carbocycles. The molecule has 0 aliphatic heterocycles. The molecule has 32 heavy (non-hydrogen) atoms. The molecule has 7 nitrogen and oxygen atoms in total. The van der Waals surface area contributed by atoms with Crippen molar-refractivity contribution < 1.29 is 19.1 Å². The zero-order valence-corrected chi connectivity index (χ0v) is 23.4. The molecule has 0 fully saturated rings. The number of carbonyl (C=O) groups is 3. The Morgan fingerprint density at radius 2 is 1.53 bits per heavy atom. The number of likely N-dealkylation sites (N-methyl/N-ethyl adjacent to an activating group) is 2. The van der Waals surface area contributed by atoms with Crippen molar-refractivity contribution in [2.75, 3.05) is 33.5 Å². The predicted octanol–water partition coefficient (Wildman–Crippen LogP) is 3.84. The standard InChI is InChI=1S/C20H37N3O4.C3H8.CH4S/c1-10-20(7,21-8)18(26)22-15(19(4,5)6)16(24)23(9)13-12-14(3)17(25)27-11-2;1-3-2;1-2/h12,15,21H,10-11,13H2,1-9H3,(H,22,26);3H2,1-2H3;2H,1H3/b14-12+;;. The van der Waals surface area contributed by atoms with Gasteiger partial charge in [0.15, 0.2) is 0 Å². The van der Waals surface area contributed by atoms with E-state index in [2.05, 4.69) is 37.1 Å². The first-order chi connectivity index (χ1) is 14.7. The van der Waals surface area contributed by atoms with Gasteiger partial charge in [-0.25, -0.2) is 4.79 Å². The second-order valence-corrected chi connectivity index (χ2v) is 8.74. The van der Waals surface area contributed by atoms with Gasteiger partial charge in [-0.15, -0.1) is 0 Å². The van der Waals surface area contributed by atoms with Crippen LogP contribution in [0.4, 0.5) is 0 Å². The van der Waals surface area contributed by atoms with E-state index in [0.717, 1.165) is 0 Å². The molecule has 0 bridgehead atoms. The Morgan fingerprint density at radius 1 is 1.06 bits per heavy atom. The van der Waals surface area contributed by atoms with Gasteiger partial charge in [0, 0.05) is 19.2 Å². The first kappa shape index (κ1) is 35.1. The van der Waals surface area contributed by atoms with Crippen molar-refractivity contribution in [2.45, 2.75) is 86.7 Å². The lowest BCUT2D eigenvalue weighted by molar-refractivity contribution is -0.140. The van der Waals surface area contributed by atoms with Crippen LogP contribution in [0, 0.1) is 5.41 Å². The van der Waals surface area contributed by atoms with Gasteiger partial charge in [0.1, 0.15) is 6.04 Å². The first-order valence-corrected chi connectivity index (χ1v) is 12.2. The average Bonchev–Trinajstić information content (AvgIpc) is 2.75. The molecule has 0 aromatic heterocycles. The molecule has 0 radical (unpaired) electrons. The number of hydrogen-bond donors (Lipinski definition) is 3. The van der Waals surface area contributed by atoms with Crippen LogP contribution in [-0.2, 0) is 19.1 Å². The Hall–Kier alpha value is -1.54. The Balaban J connectivity index is -0.00000154. The molecule has 0 saturated carbocycles.